The zero-order chi connectivity index (χ0) is 16.7. The quantitative estimate of drug-likeness (QED) is 0.917. The van der Waals surface area contributed by atoms with Gasteiger partial charge in [-0.25, -0.2) is 0 Å². The van der Waals surface area contributed by atoms with Gasteiger partial charge in [0, 0.05) is 19.0 Å². The number of fused-ring (bicyclic) bond motifs is 3. The van der Waals surface area contributed by atoms with E-state index < -0.39 is 0 Å². The molecule has 0 spiro atoms. The van der Waals surface area contributed by atoms with E-state index in [1.807, 2.05) is 11.9 Å². The molecule has 2 aliphatic rings. The van der Waals surface area contributed by atoms with Crippen LogP contribution in [0.3, 0.4) is 0 Å². The molecule has 4 rings (SSSR count). The highest BCUT2D eigenvalue weighted by Gasteiger charge is 2.36. The molecule has 2 aromatic carbocycles. The van der Waals surface area contributed by atoms with Gasteiger partial charge in [-0.3, -0.25) is 4.79 Å². The van der Waals surface area contributed by atoms with Crippen molar-refractivity contribution in [1.82, 2.24) is 10.2 Å². The van der Waals surface area contributed by atoms with Crippen molar-refractivity contribution in [1.29, 1.82) is 0 Å². The van der Waals surface area contributed by atoms with Gasteiger partial charge >= 0.3 is 0 Å². The lowest BCUT2D eigenvalue weighted by molar-refractivity contribution is -0.136. The lowest BCUT2D eigenvalue weighted by atomic mass is 9.91. The summed E-state index contributed by atoms with van der Waals surface area (Å²) in [5, 5.41) is 3.44. The summed E-state index contributed by atoms with van der Waals surface area (Å²) in [6, 6.07) is 17.4. The maximum atomic E-state index is 13.1. The van der Waals surface area contributed by atoms with Gasteiger partial charge in [-0.2, -0.15) is 0 Å². The number of piperidine rings is 1. The normalized spacial score (nSPS) is 22.8. The first kappa shape index (κ1) is 15.4. The highest BCUT2D eigenvalue weighted by atomic mass is 16.2. The van der Waals surface area contributed by atoms with Crippen molar-refractivity contribution in [3.63, 3.8) is 0 Å². The van der Waals surface area contributed by atoms with Crippen molar-refractivity contribution in [3.8, 4) is 11.1 Å². The van der Waals surface area contributed by atoms with Gasteiger partial charge in [0.05, 0.1) is 6.04 Å². The third-order valence-corrected chi connectivity index (χ3v) is 5.51. The molecule has 1 amide bonds. The molecular weight excluding hydrogens is 296 g/mol. The second-order valence-corrected chi connectivity index (χ2v) is 7.10. The Hall–Kier alpha value is -2.13. The van der Waals surface area contributed by atoms with Gasteiger partial charge in [0.15, 0.2) is 0 Å². The SMILES string of the molecule is C[C@H]1C[C@@H](C(=O)N(C)C2c3ccccc3-c3ccccc32)CCN1. The number of amides is 1. The molecule has 3 nitrogen and oxygen atoms in total. The maximum absolute atomic E-state index is 13.1. The summed E-state index contributed by atoms with van der Waals surface area (Å²) >= 11 is 0. The van der Waals surface area contributed by atoms with E-state index in [9.17, 15) is 4.79 Å². The Morgan fingerprint density at radius 3 is 2.21 bits per heavy atom. The van der Waals surface area contributed by atoms with Crippen LogP contribution in [0.15, 0.2) is 48.5 Å². The Kier molecular flexibility index (Phi) is 3.89. The first-order valence-corrected chi connectivity index (χ1v) is 8.85. The minimum Gasteiger partial charge on any atom is -0.334 e. The number of carbonyl (C=O) groups is 1. The molecule has 2 atom stereocenters. The van der Waals surface area contributed by atoms with Crippen LogP contribution in [0.4, 0.5) is 0 Å². The topological polar surface area (TPSA) is 32.3 Å². The second-order valence-electron chi connectivity index (χ2n) is 7.10. The predicted molar refractivity (Wildman–Crippen MR) is 96.7 cm³/mol. The summed E-state index contributed by atoms with van der Waals surface area (Å²) in [7, 11) is 1.97. The Morgan fingerprint density at radius 2 is 1.62 bits per heavy atom. The van der Waals surface area contributed by atoms with Gasteiger partial charge in [-0.1, -0.05) is 48.5 Å². The fraction of sp³-hybridized carbons (Fsp3) is 0.381. The van der Waals surface area contributed by atoms with E-state index in [0.29, 0.717) is 6.04 Å². The second kappa shape index (κ2) is 6.06. The first-order chi connectivity index (χ1) is 11.7. The van der Waals surface area contributed by atoms with Gasteiger partial charge in [0.1, 0.15) is 0 Å². The predicted octanol–water partition coefficient (Wildman–Crippen LogP) is 3.60. The Labute approximate surface area is 143 Å². The van der Waals surface area contributed by atoms with E-state index in [-0.39, 0.29) is 17.9 Å². The van der Waals surface area contributed by atoms with E-state index in [1.165, 1.54) is 22.3 Å². The first-order valence-electron chi connectivity index (χ1n) is 8.85. The molecule has 1 aliphatic heterocycles. The monoisotopic (exact) mass is 320 g/mol. The van der Waals surface area contributed by atoms with E-state index in [4.69, 9.17) is 0 Å². The van der Waals surface area contributed by atoms with E-state index in [2.05, 4.69) is 60.8 Å². The van der Waals surface area contributed by atoms with Crippen molar-refractivity contribution >= 4 is 5.91 Å². The summed E-state index contributed by atoms with van der Waals surface area (Å²) < 4.78 is 0. The number of hydrogen-bond acceptors (Lipinski definition) is 2. The summed E-state index contributed by atoms with van der Waals surface area (Å²) in [4.78, 5) is 15.1. The Morgan fingerprint density at radius 1 is 1.04 bits per heavy atom. The lowest BCUT2D eigenvalue weighted by Crippen LogP contribution is -2.43. The van der Waals surface area contributed by atoms with Crippen LogP contribution < -0.4 is 5.32 Å². The smallest absolute Gasteiger partial charge is 0.226 e. The van der Waals surface area contributed by atoms with Crippen LogP contribution in [0.1, 0.15) is 36.9 Å². The van der Waals surface area contributed by atoms with Crippen molar-refractivity contribution in [3.05, 3.63) is 59.7 Å². The number of rotatable bonds is 2. The minimum absolute atomic E-state index is 0.0371. The largest absolute Gasteiger partial charge is 0.334 e. The van der Waals surface area contributed by atoms with Crippen molar-refractivity contribution in [2.75, 3.05) is 13.6 Å². The van der Waals surface area contributed by atoms with Crippen LogP contribution in [0.2, 0.25) is 0 Å². The van der Waals surface area contributed by atoms with Gasteiger partial charge < -0.3 is 10.2 Å². The number of nitrogens with zero attached hydrogens (tertiary/aromatic N) is 1. The highest BCUT2D eigenvalue weighted by molar-refractivity contribution is 5.84. The van der Waals surface area contributed by atoms with Crippen LogP contribution in [0.5, 0.6) is 0 Å². The average molecular weight is 320 g/mol. The standard InChI is InChI=1S/C21H24N2O/c1-14-13-15(11-12-22-14)21(24)23(2)20-18-9-5-3-7-16(18)17-8-4-6-10-19(17)20/h3-10,14-15,20,22H,11-13H2,1-2H3/t14-,15-/m0/s1. The maximum Gasteiger partial charge on any atom is 0.226 e. The number of hydrogen-bond donors (Lipinski definition) is 1. The summed E-state index contributed by atoms with van der Waals surface area (Å²) in [6.07, 6.45) is 1.86. The molecular formula is C21H24N2O. The fourth-order valence-electron chi connectivity index (χ4n) is 4.32. The van der Waals surface area contributed by atoms with E-state index in [1.54, 1.807) is 0 Å². The van der Waals surface area contributed by atoms with E-state index in [0.717, 1.165) is 19.4 Å². The van der Waals surface area contributed by atoms with Crippen LogP contribution in [-0.4, -0.2) is 30.4 Å². The summed E-state index contributed by atoms with van der Waals surface area (Å²) in [6.45, 7) is 3.10. The summed E-state index contributed by atoms with van der Waals surface area (Å²) in [5.74, 6) is 0.408. The van der Waals surface area contributed by atoms with Crippen LogP contribution in [-0.2, 0) is 4.79 Å². The molecule has 124 valence electrons. The number of benzene rings is 2. The van der Waals surface area contributed by atoms with Crippen LogP contribution >= 0.6 is 0 Å². The lowest BCUT2D eigenvalue weighted by Gasteiger charge is -2.33. The highest BCUT2D eigenvalue weighted by Crippen LogP contribution is 2.46. The molecule has 0 saturated carbocycles. The third kappa shape index (κ3) is 2.44. The van der Waals surface area contributed by atoms with Gasteiger partial charge in [-0.15, -0.1) is 0 Å². The number of carbonyl (C=O) groups excluding carboxylic acids is 1. The van der Waals surface area contributed by atoms with Crippen LogP contribution in [0, 0.1) is 5.92 Å². The fourth-order valence-corrected chi connectivity index (χ4v) is 4.32. The molecule has 0 radical (unpaired) electrons. The zero-order valence-corrected chi connectivity index (χ0v) is 14.3. The Balaban J connectivity index is 1.69. The van der Waals surface area contributed by atoms with Gasteiger partial charge in [-0.05, 0) is 48.6 Å². The summed E-state index contributed by atoms with van der Waals surface area (Å²) in [5.41, 5.74) is 5.01. The Bertz CT molecular complexity index is 724. The minimum atomic E-state index is 0.0371. The van der Waals surface area contributed by atoms with Crippen molar-refractivity contribution < 1.29 is 4.79 Å². The molecule has 1 heterocycles. The molecule has 0 aromatic heterocycles. The molecule has 1 fully saturated rings. The zero-order valence-electron chi connectivity index (χ0n) is 14.3. The van der Waals surface area contributed by atoms with Gasteiger partial charge in [0.25, 0.3) is 0 Å². The molecule has 1 saturated heterocycles. The van der Waals surface area contributed by atoms with Gasteiger partial charge in [0.2, 0.25) is 5.91 Å². The molecule has 0 unspecified atom stereocenters. The molecule has 2 aromatic rings. The molecule has 3 heteroatoms. The molecule has 1 N–H and O–H groups in total. The average Bonchev–Trinajstić information content (AvgIpc) is 2.95. The molecule has 24 heavy (non-hydrogen) atoms. The third-order valence-electron chi connectivity index (χ3n) is 5.51. The van der Waals surface area contributed by atoms with Crippen molar-refractivity contribution in [2.45, 2.75) is 31.8 Å². The van der Waals surface area contributed by atoms with Crippen LogP contribution in [0.25, 0.3) is 11.1 Å². The number of nitrogens with one attached hydrogen (secondary N) is 1. The van der Waals surface area contributed by atoms with Crippen molar-refractivity contribution in [2.24, 2.45) is 5.92 Å². The van der Waals surface area contributed by atoms with E-state index >= 15 is 0 Å². The molecule has 1 aliphatic carbocycles. The molecule has 0 bridgehead atoms.